The van der Waals surface area contributed by atoms with E-state index in [2.05, 4.69) is 22.3 Å². The summed E-state index contributed by atoms with van der Waals surface area (Å²) in [4.78, 5) is 28.4. The minimum atomic E-state index is -0.344. The first-order chi connectivity index (χ1) is 13.2. The van der Waals surface area contributed by atoms with Gasteiger partial charge in [0.25, 0.3) is 0 Å². The molecule has 0 spiro atoms. The summed E-state index contributed by atoms with van der Waals surface area (Å²) in [5.74, 6) is 0.00424. The van der Waals surface area contributed by atoms with Crippen LogP contribution in [0.25, 0.3) is 0 Å². The van der Waals surface area contributed by atoms with E-state index < -0.39 is 0 Å². The molecule has 27 heavy (non-hydrogen) atoms. The fraction of sp³-hybridized carbons (Fsp3) is 0.333. The number of carbonyl (C=O) groups is 2. The highest BCUT2D eigenvalue weighted by Gasteiger charge is 2.31. The molecule has 1 unspecified atom stereocenters. The number of cyclic esters (lactones) is 1. The Morgan fingerprint density at radius 1 is 1.11 bits per heavy atom. The number of nitrogens with zero attached hydrogens (tertiary/aromatic N) is 2. The van der Waals surface area contributed by atoms with Gasteiger partial charge in [0.2, 0.25) is 5.91 Å². The van der Waals surface area contributed by atoms with Crippen LogP contribution in [0.2, 0.25) is 0 Å². The smallest absolute Gasteiger partial charge is 0.414 e. The minimum Gasteiger partial charge on any atom is -0.447 e. The van der Waals surface area contributed by atoms with Crippen molar-refractivity contribution < 1.29 is 14.3 Å². The topological polar surface area (TPSA) is 61.9 Å². The maximum absolute atomic E-state index is 12.9. The van der Waals surface area contributed by atoms with E-state index in [1.54, 1.807) is 4.90 Å². The van der Waals surface area contributed by atoms with Gasteiger partial charge in [-0.05, 0) is 43.1 Å². The lowest BCUT2D eigenvalue weighted by atomic mass is 10.1. The van der Waals surface area contributed by atoms with E-state index in [1.807, 2.05) is 42.5 Å². The number of hydrogen-bond donors (Lipinski definition) is 1. The molecule has 2 heterocycles. The third-order valence-corrected chi connectivity index (χ3v) is 5.08. The van der Waals surface area contributed by atoms with Crippen molar-refractivity contribution in [3.63, 3.8) is 0 Å². The summed E-state index contributed by atoms with van der Waals surface area (Å²) in [5, 5.41) is 3.02. The van der Waals surface area contributed by atoms with Crippen LogP contribution in [-0.4, -0.2) is 42.6 Å². The second-order valence-electron chi connectivity index (χ2n) is 6.92. The monoisotopic (exact) mass is 365 g/mol. The van der Waals surface area contributed by atoms with Crippen molar-refractivity contribution in [1.82, 2.24) is 4.90 Å². The Morgan fingerprint density at radius 3 is 2.74 bits per heavy atom. The molecule has 0 bridgehead atoms. The predicted molar refractivity (Wildman–Crippen MR) is 104 cm³/mol. The molecule has 0 saturated carbocycles. The van der Waals surface area contributed by atoms with Gasteiger partial charge in [0.1, 0.15) is 6.61 Å². The second kappa shape index (κ2) is 7.80. The summed E-state index contributed by atoms with van der Waals surface area (Å²) in [6.45, 7) is 2.63. The molecule has 140 valence electrons. The molecule has 6 heteroatoms. The van der Waals surface area contributed by atoms with Crippen LogP contribution in [0.3, 0.4) is 0 Å². The van der Waals surface area contributed by atoms with Crippen LogP contribution < -0.4 is 10.2 Å². The molecule has 4 rings (SSSR count). The maximum Gasteiger partial charge on any atom is 0.414 e. The van der Waals surface area contributed by atoms with Gasteiger partial charge in [0.05, 0.1) is 12.6 Å². The minimum absolute atomic E-state index is 0.00424. The Labute approximate surface area is 158 Å². The summed E-state index contributed by atoms with van der Waals surface area (Å²) >= 11 is 0. The van der Waals surface area contributed by atoms with Crippen molar-refractivity contribution in [2.75, 3.05) is 29.9 Å². The molecule has 2 aromatic rings. The molecule has 2 amide bonds. The quantitative estimate of drug-likeness (QED) is 0.884. The second-order valence-corrected chi connectivity index (χ2v) is 6.92. The van der Waals surface area contributed by atoms with Crippen molar-refractivity contribution >= 4 is 23.4 Å². The SMILES string of the molecule is O=C(Nc1cccc(N2CCOC2=O)c1)C1CCCN1Cc1ccccc1. The molecule has 1 atom stereocenters. The maximum atomic E-state index is 12.9. The zero-order valence-electron chi connectivity index (χ0n) is 15.1. The van der Waals surface area contributed by atoms with Crippen LogP contribution in [-0.2, 0) is 16.1 Å². The molecular weight excluding hydrogens is 342 g/mol. The molecule has 0 radical (unpaired) electrons. The Bertz CT molecular complexity index is 824. The Balaban J connectivity index is 1.43. The van der Waals surface area contributed by atoms with E-state index in [9.17, 15) is 9.59 Å². The van der Waals surface area contributed by atoms with Crippen molar-refractivity contribution in [3.8, 4) is 0 Å². The normalized spacial score (nSPS) is 19.9. The average molecular weight is 365 g/mol. The summed E-state index contributed by atoms with van der Waals surface area (Å²) < 4.78 is 4.99. The first kappa shape index (κ1) is 17.5. The lowest BCUT2D eigenvalue weighted by molar-refractivity contribution is -0.120. The van der Waals surface area contributed by atoms with Gasteiger partial charge < -0.3 is 10.1 Å². The number of nitrogens with one attached hydrogen (secondary N) is 1. The first-order valence-corrected chi connectivity index (χ1v) is 9.34. The van der Waals surface area contributed by atoms with Gasteiger partial charge in [-0.2, -0.15) is 0 Å². The average Bonchev–Trinajstić information content (AvgIpc) is 3.32. The van der Waals surface area contributed by atoms with E-state index in [-0.39, 0.29) is 18.0 Å². The molecule has 2 saturated heterocycles. The first-order valence-electron chi connectivity index (χ1n) is 9.34. The standard InChI is InChI=1S/C21H23N3O3/c25-20(19-10-5-11-23(19)15-16-6-2-1-3-7-16)22-17-8-4-9-18(14-17)24-12-13-27-21(24)26/h1-4,6-9,14,19H,5,10-13,15H2,(H,22,25). The van der Waals surface area contributed by atoms with E-state index in [0.29, 0.717) is 18.8 Å². The van der Waals surface area contributed by atoms with Gasteiger partial charge >= 0.3 is 6.09 Å². The van der Waals surface area contributed by atoms with Gasteiger partial charge in [-0.15, -0.1) is 0 Å². The lowest BCUT2D eigenvalue weighted by Crippen LogP contribution is -2.39. The number of likely N-dealkylation sites (tertiary alicyclic amines) is 1. The third kappa shape index (κ3) is 3.95. The molecule has 2 fully saturated rings. The molecular formula is C21H23N3O3. The number of ether oxygens (including phenoxy) is 1. The van der Waals surface area contributed by atoms with Crippen LogP contribution in [0.15, 0.2) is 54.6 Å². The van der Waals surface area contributed by atoms with Crippen molar-refractivity contribution in [3.05, 3.63) is 60.2 Å². The number of anilines is 2. The van der Waals surface area contributed by atoms with Crippen LogP contribution in [0.5, 0.6) is 0 Å². The fourth-order valence-corrected chi connectivity index (χ4v) is 3.74. The molecule has 6 nitrogen and oxygen atoms in total. The van der Waals surface area contributed by atoms with E-state index >= 15 is 0 Å². The number of amides is 2. The molecule has 0 aliphatic carbocycles. The van der Waals surface area contributed by atoms with Gasteiger partial charge in [-0.25, -0.2) is 4.79 Å². The highest BCUT2D eigenvalue weighted by Crippen LogP contribution is 2.25. The lowest BCUT2D eigenvalue weighted by Gasteiger charge is -2.24. The Morgan fingerprint density at radius 2 is 1.96 bits per heavy atom. The molecule has 2 aromatic carbocycles. The summed E-state index contributed by atoms with van der Waals surface area (Å²) in [7, 11) is 0. The van der Waals surface area contributed by atoms with E-state index in [0.717, 1.165) is 31.6 Å². The van der Waals surface area contributed by atoms with Gasteiger partial charge in [-0.1, -0.05) is 36.4 Å². The summed E-state index contributed by atoms with van der Waals surface area (Å²) in [6, 6.07) is 17.4. The third-order valence-electron chi connectivity index (χ3n) is 5.08. The molecule has 2 aliphatic heterocycles. The number of benzene rings is 2. The largest absolute Gasteiger partial charge is 0.447 e. The Kier molecular flexibility index (Phi) is 5.07. The van der Waals surface area contributed by atoms with Crippen LogP contribution in [0.4, 0.5) is 16.2 Å². The van der Waals surface area contributed by atoms with Crippen molar-refractivity contribution in [2.24, 2.45) is 0 Å². The van der Waals surface area contributed by atoms with E-state index in [4.69, 9.17) is 4.74 Å². The van der Waals surface area contributed by atoms with Gasteiger partial charge in [0.15, 0.2) is 0 Å². The van der Waals surface area contributed by atoms with Crippen LogP contribution in [0.1, 0.15) is 18.4 Å². The van der Waals surface area contributed by atoms with Gasteiger partial charge in [0, 0.05) is 17.9 Å². The number of carbonyl (C=O) groups excluding carboxylic acids is 2. The van der Waals surface area contributed by atoms with Gasteiger partial charge in [-0.3, -0.25) is 14.6 Å². The molecule has 1 N–H and O–H groups in total. The predicted octanol–water partition coefficient (Wildman–Crippen LogP) is 3.25. The zero-order chi connectivity index (χ0) is 18.6. The van der Waals surface area contributed by atoms with Crippen molar-refractivity contribution in [1.29, 1.82) is 0 Å². The highest BCUT2D eigenvalue weighted by atomic mass is 16.6. The van der Waals surface area contributed by atoms with Crippen molar-refractivity contribution in [2.45, 2.75) is 25.4 Å². The zero-order valence-corrected chi connectivity index (χ0v) is 15.1. The number of hydrogen-bond acceptors (Lipinski definition) is 4. The molecule has 0 aromatic heterocycles. The van der Waals surface area contributed by atoms with E-state index in [1.165, 1.54) is 5.56 Å². The highest BCUT2D eigenvalue weighted by molar-refractivity contribution is 5.96. The molecule has 2 aliphatic rings. The van der Waals surface area contributed by atoms with Crippen LogP contribution in [0, 0.1) is 0 Å². The van der Waals surface area contributed by atoms with Crippen LogP contribution >= 0.6 is 0 Å². The summed E-state index contributed by atoms with van der Waals surface area (Å²) in [6.07, 6.45) is 1.53. The number of rotatable bonds is 5. The Hall–Kier alpha value is -2.86. The fourth-order valence-electron chi connectivity index (χ4n) is 3.74. The summed E-state index contributed by atoms with van der Waals surface area (Å²) in [5.41, 5.74) is 2.65.